The fourth-order valence-corrected chi connectivity index (χ4v) is 6.12. The Labute approximate surface area is 253 Å². The molecule has 3 N–H and O–H groups in total. The number of hydrogen-bond donors (Lipinski definition) is 3. The van der Waals surface area contributed by atoms with Gasteiger partial charge >= 0.3 is 6.18 Å². The summed E-state index contributed by atoms with van der Waals surface area (Å²) in [7, 11) is 0. The van der Waals surface area contributed by atoms with Gasteiger partial charge in [0.25, 0.3) is 0 Å². The van der Waals surface area contributed by atoms with Crippen LogP contribution in [0.2, 0.25) is 0 Å². The first-order valence-corrected chi connectivity index (χ1v) is 15.1. The van der Waals surface area contributed by atoms with Crippen molar-refractivity contribution in [3.63, 3.8) is 0 Å². The number of thiol groups is 1. The molecule has 0 radical (unpaired) electrons. The van der Waals surface area contributed by atoms with E-state index in [1.165, 1.54) is 6.07 Å². The summed E-state index contributed by atoms with van der Waals surface area (Å²) < 4.78 is 47.2. The number of benzene rings is 3. The molecule has 0 aromatic heterocycles. The van der Waals surface area contributed by atoms with Crippen molar-refractivity contribution >= 4 is 29.4 Å². The quantitative estimate of drug-likeness (QED) is 0.197. The fourth-order valence-electron chi connectivity index (χ4n) is 4.87. The number of carbonyl (C=O) groups is 2. The molecule has 1 unspecified atom stereocenters. The lowest BCUT2D eigenvalue weighted by molar-refractivity contribution is -0.137. The number of rotatable bonds is 11. The van der Waals surface area contributed by atoms with E-state index in [2.05, 4.69) is 10.6 Å². The molecule has 0 saturated carbocycles. The molecule has 230 valence electrons. The summed E-state index contributed by atoms with van der Waals surface area (Å²) in [5, 5.41) is 15.7. The molecular formula is C32H37F3N3O4S+. The van der Waals surface area contributed by atoms with Gasteiger partial charge in [-0.3, -0.25) is 9.59 Å². The number of alkyl halides is 3. The van der Waals surface area contributed by atoms with Crippen LogP contribution in [-0.4, -0.2) is 46.5 Å². The minimum Gasteiger partial charge on any atom is -0.494 e. The minimum absolute atomic E-state index is 0.201. The molecule has 3 aromatic carbocycles. The predicted molar refractivity (Wildman–Crippen MR) is 162 cm³/mol. The normalized spacial score (nSPS) is 17.1. The molecule has 0 aliphatic carbocycles. The third kappa shape index (κ3) is 9.22. The van der Waals surface area contributed by atoms with E-state index in [-0.39, 0.29) is 12.3 Å². The molecule has 2 amide bonds. The second kappa shape index (κ2) is 14.8. The maximum atomic E-state index is 13.7. The first-order valence-electron chi connectivity index (χ1n) is 14.3. The molecule has 3 aromatic rings. The van der Waals surface area contributed by atoms with Gasteiger partial charge < -0.3 is 20.5 Å². The SMILES string of the molecule is CCOc1ccc(NC(=O)[C@H](Cc2ccc(C(C)O)cc2)NC(=O)[C@@H]2CCCCN2[SH+]c2cccc(C(F)(F)F)c2)cc1. The van der Waals surface area contributed by atoms with E-state index in [9.17, 15) is 27.9 Å². The summed E-state index contributed by atoms with van der Waals surface area (Å²) in [6, 6.07) is 17.7. The van der Waals surface area contributed by atoms with Crippen LogP contribution in [0.4, 0.5) is 18.9 Å². The Balaban J connectivity index is 1.52. The van der Waals surface area contributed by atoms with Gasteiger partial charge in [0.1, 0.15) is 17.8 Å². The van der Waals surface area contributed by atoms with Crippen LogP contribution < -0.4 is 15.4 Å². The zero-order valence-electron chi connectivity index (χ0n) is 24.1. The number of anilines is 1. The summed E-state index contributed by atoms with van der Waals surface area (Å²) in [6.07, 6.45) is -2.77. The monoisotopic (exact) mass is 616 g/mol. The lowest BCUT2D eigenvalue weighted by Gasteiger charge is -2.29. The van der Waals surface area contributed by atoms with Gasteiger partial charge in [-0.1, -0.05) is 30.3 Å². The highest BCUT2D eigenvalue weighted by molar-refractivity contribution is 7.76. The van der Waals surface area contributed by atoms with Crippen LogP contribution in [0.5, 0.6) is 5.75 Å². The van der Waals surface area contributed by atoms with Crippen LogP contribution in [0.3, 0.4) is 0 Å². The molecule has 3 atom stereocenters. The smallest absolute Gasteiger partial charge is 0.416 e. The van der Waals surface area contributed by atoms with Crippen molar-refractivity contribution in [1.29, 1.82) is 0 Å². The summed E-state index contributed by atoms with van der Waals surface area (Å²) in [5.74, 6) is -0.0950. The van der Waals surface area contributed by atoms with E-state index >= 15 is 0 Å². The summed E-state index contributed by atoms with van der Waals surface area (Å²) in [4.78, 5) is 27.6. The second-order valence-corrected chi connectivity index (χ2v) is 11.7. The fraction of sp³-hybridized carbons (Fsp3) is 0.375. The summed E-state index contributed by atoms with van der Waals surface area (Å²) in [5.41, 5.74) is 1.33. The summed E-state index contributed by atoms with van der Waals surface area (Å²) >= 11 is 0.497. The van der Waals surface area contributed by atoms with E-state index in [1.807, 2.05) is 23.4 Å². The molecule has 1 aliphatic rings. The Bertz CT molecular complexity index is 1370. The van der Waals surface area contributed by atoms with Crippen molar-refractivity contribution in [3.05, 3.63) is 89.5 Å². The molecule has 0 bridgehead atoms. The zero-order chi connectivity index (χ0) is 31.0. The number of piperidine rings is 1. The van der Waals surface area contributed by atoms with Crippen LogP contribution in [0.15, 0.2) is 77.7 Å². The molecule has 43 heavy (non-hydrogen) atoms. The molecule has 4 rings (SSSR count). The Morgan fingerprint density at radius 2 is 1.79 bits per heavy atom. The zero-order valence-corrected chi connectivity index (χ0v) is 25.0. The van der Waals surface area contributed by atoms with Crippen molar-refractivity contribution in [2.45, 2.75) is 68.8 Å². The van der Waals surface area contributed by atoms with E-state index in [4.69, 9.17) is 4.74 Å². The van der Waals surface area contributed by atoms with Crippen LogP contribution >= 0.6 is 0 Å². The van der Waals surface area contributed by atoms with E-state index in [0.717, 1.165) is 36.1 Å². The average molecular weight is 617 g/mol. The highest BCUT2D eigenvalue weighted by Gasteiger charge is 2.37. The molecule has 1 heterocycles. The Hall–Kier alpha value is -3.54. The third-order valence-electron chi connectivity index (χ3n) is 7.16. The van der Waals surface area contributed by atoms with Crippen molar-refractivity contribution < 1.29 is 32.6 Å². The molecule has 0 spiro atoms. The highest BCUT2D eigenvalue weighted by atomic mass is 32.2. The van der Waals surface area contributed by atoms with Gasteiger partial charge in [0.2, 0.25) is 11.8 Å². The largest absolute Gasteiger partial charge is 0.494 e. The number of carbonyl (C=O) groups excluding carboxylic acids is 2. The average Bonchev–Trinajstić information content (AvgIpc) is 2.98. The highest BCUT2D eigenvalue weighted by Crippen LogP contribution is 2.31. The van der Waals surface area contributed by atoms with E-state index in [1.54, 1.807) is 49.4 Å². The second-order valence-electron chi connectivity index (χ2n) is 10.5. The standard InChI is InChI=1S/C32H36F3N3O4S/c1-3-42-26-16-14-25(15-17-26)36-30(40)28(19-22-10-12-23(13-11-22)21(2)39)37-31(41)29-9-4-5-18-38(29)43-27-8-6-7-24(20-27)32(33,34)35/h6-8,10-17,20-21,28-29,39H,3-5,9,18-19H2,1-2H3,(H,36,40)(H,37,41)/p+1/t21?,28-,29-/m0/s1. The maximum Gasteiger partial charge on any atom is 0.416 e. The molecule has 1 saturated heterocycles. The van der Waals surface area contributed by atoms with Gasteiger partial charge in [-0.25, -0.2) is 0 Å². The van der Waals surface area contributed by atoms with Crippen molar-refractivity contribution in [2.24, 2.45) is 0 Å². The molecule has 1 aliphatic heterocycles. The number of nitrogens with one attached hydrogen (secondary N) is 2. The number of nitrogens with zero attached hydrogens (tertiary/aromatic N) is 1. The van der Waals surface area contributed by atoms with E-state index < -0.39 is 35.8 Å². The third-order valence-corrected chi connectivity index (χ3v) is 8.41. The topological polar surface area (TPSA) is 90.9 Å². The van der Waals surface area contributed by atoms with Crippen molar-refractivity contribution in [2.75, 3.05) is 18.5 Å². The predicted octanol–water partition coefficient (Wildman–Crippen LogP) is 5.47. The Morgan fingerprint density at radius 1 is 1.07 bits per heavy atom. The molecular weight excluding hydrogens is 579 g/mol. The number of aliphatic hydroxyl groups excluding tert-OH is 1. The number of ether oxygens (including phenoxy) is 1. The van der Waals surface area contributed by atoms with Gasteiger partial charge in [0.05, 0.1) is 30.2 Å². The van der Waals surface area contributed by atoms with Crippen LogP contribution in [0.1, 0.15) is 55.9 Å². The van der Waals surface area contributed by atoms with Crippen molar-refractivity contribution in [3.8, 4) is 5.75 Å². The lowest BCUT2D eigenvalue weighted by atomic mass is 10.00. The molecule has 11 heteroatoms. The molecule has 7 nitrogen and oxygen atoms in total. The van der Waals surface area contributed by atoms with Crippen LogP contribution in [-0.2, 0) is 34.1 Å². The number of aliphatic hydroxyl groups is 1. The maximum absolute atomic E-state index is 13.7. The Morgan fingerprint density at radius 3 is 2.44 bits per heavy atom. The minimum atomic E-state index is -4.46. The van der Waals surface area contributed by atoms with Crippen LogP contribution in [0, 0.1) is 0 Å². The number of halogens is 3. The van der Waals surface area contributed by atoms with Crippen molar-refractivity contribution in [1.82, 2.24) is 9.62 Å². The van der Waals surface area contributed by atoms with Gasteiger partial charge in [-0.05, 0) is 80.6 Å². The lowest BCUT2D eigenvalue weighted by Crippen LogP contribution is -2.54. The van der Waals surface area contributed by atoms with Crippen LogP contribution in [0.25, 0.3) is 0 Å². The molecule has 1 fully saturated rings. The van der Waals surface area contributed by atoms with Gasteiger partial charge in [0.15, 0.2) is 4.90 Å². The van der Waals surface area contributed by atoms with Gasteiger partial charge in [0, 0.05) is 24.7 Å². The van der Waals surface area contributed by atoms with Gasteiger partial charge in [-0.15, -0.1) is 4.31 Å². The summed E-state index contributed by atoms with van der Waals surface area (Å²) in [6.45, 7) is 4.60. The van der Waals surface area contributed by atoms with Gasteiger partial charge in [-0.2, -0.15) is 13.2 Å². The Kier molecular flexibility index (Phi) is 11.1. The first-order chi connectivity index (χ1) is 20.5. The van der Waals surface area contributed by atoms with E-state index in [0.29, 0.717) is 47.9 Å². The number of amides is 2. The first kappa shape index (κ1) is 32.4. The number of hydrogen-bond acceptors (Lipinski definition) is 5.